The van der Waals surface area contributed by atoms with Crippen LogP contribution in [0.3, 0.4) is 0 Å². The van der Waals surface area contributed by atoms with Crippen molar-refractivity contribution in [3.63, 3.8) is 0 Å². The summed E-state index contributed by atoms with van der Waals surface area (Å²) in [5.41, 5.74) is 16.1. The molecule has 11 aromatic rings. The SMILES string of the molecule is C.C.C.NCc1ccc(OCc2ccccc2)c(OCc2ccccc2)c1.O=C(CCC(=O)NCc1ccc(O)c(O)c1)NCc1ccc(O)c(O)c1.O=C(CCC(=O)NCc1ccc(OCc2ccccc2)c(OCc2ccccc2)c1)NCc1ccc(OCc2ccccc2)c(OCc2ccccc2)c1.O=C(Cl)CCC(=O)Cl. The van der Waals surface area contributed by atoms with E-state index in [1.54, 1.807) is 12.1 Å². The maximum atomic E-state index is 12.8. The molecule has 0 fully saturated rings. The summed E-state index contributed by atoms with van der Waals surface area (Å²) in [4.78, 5) is 68.9. The highest BCUT2D eigenvalue weighted by Gasteiger charge is 2.16. The summed E-state index contributed by atoms with van der Waals surface area (Å²) >= 11 is 9.74. The van der Waals surface area contributed by atoms with Gasteiger partial charge in [-0.1, -0.05) is 235 Å². The molecular weight excluding hydrogens is 1500 g/mol. The highest BCUT2D eigenvalue weighted by atomic mass is 35.5. The van der Waals surface area contributed by atoms with Crippen LogP contribution < -0.4 is 55.4 Å². The Morgan fingerprint density at radius 2 is 0.461 bits per heavy atom. The van der Waals surface area contributed by atoms with E-state index in [9.17, 15) is 49.2 Å². The van der Waals surface area contributed by atoms with Crippen LogP contribution in [-0.4, -0.2) is 54.5 Å². The summed E-state index contributed by atoms with van der Waals surface area (Å²) in [7, 11) is 0. The van der Waals surface area contributed by atoms with Gasteiger partial charge in [0.2, 0.25) is 34.1 Å². The molecule has 0 aliphatic carbocycles. The minimum Gasteiger partial charge on any atom is -0.504 e. The Morgan fingerprint density at radius 1 is 0.252 bits per heavy atom. The fourth-order valence-corrected chi connectivity index (χ4v) is 10.5. The topological polar surface area (TPSA) is 313 Å². The number of carbonyl (C=O) groups is 6. The van der Waals surface area contributed by atoms with E-state index in [0.717, 1.165) is 61.6 Å². The summed E-state index contributed by atoms with van der Waals surface area (Å²) in [6.45, 7) is 3.93. The highest BCUT2D eigenvalue weighted by molar-refractivity contribution is 6.66. The maximum absolute atomic E-state index is 12.8. The van der Waals surface area contributed by atoms with Crippen LogP contribution in [0.25, 0.3) is 0 Å². The number of carbonyl (C=O) groups excluding carboxylic acids is 6. The lowest BCUT2D eigenvalue weighted by Gasteiger charge is -2.15. The maximum Gasteiger partial charge on any atom is 0.222 e. The van der Waals surface area contributed by atoms with Crippen molar-refractivity contribution in [2.45, 2.75) is 133 Å². The average molecular weight is 1600 g/mol. The number of hydrogen-bond acceptors (Lipinski definition) is 17. The number of phenolic OH excluding ortho intramolecular Hbond substituents is 4. The van der Waals surface area contributed by atoms with E-state index in [2.05, 4.69) is 21.3 Å². The first-order chi connectivity index (χ1) is 54.4. The molecule has 604 valence electrons. The summed E-state index contributed by atoms with van der Waals surface area (Å²) < 4.78 is 36.5. The van der Waals surface area contributed by atoms with E-state index in [1.807, 2.05) is 237 Å². The molecule has 4 amide bonds. The number of ether oxygens (including phenoxy) is 6. The monoisotopic (exact) mass is 1600 g/mol. The Bertz CT molecular complexity index is 4520. The van der Waals surface area contributed by atoms with Crippen LogP contribution in [0.2, 0.25) is 0 Å². The third-order valence-electron chi connectivity index (χ3n) is 16.4. The van der Waals surface area contributed by atoms with Crippen molar-refractivity contribution in [3.8, 4) is 57.5 Å². The molecule has 0 saturated heterocycles. The van der Waals surface area contributed by atoms with Crippen LogP contribution in [0.5, 0.6) is 57.5 Å². The molecule has 11 aromatic carbocycles. The first-order valence-corrected chi connectivity index (χ1v) is 36.7. The molecule has 0 spiro atoms. The van der Waals surface area contributed by atoms with E-state index >= 15 is 0 Å². The molecule has 21 nitrogen and oxygen atoms in total. The lowest BCUT2D eigenvalue weighted by molar-refractivity contribution is -0.126. The van der Waals surface area contributed by atoms with E-state index in [0.29, 0.717) is 80.3 Å². The Hall–Kier alpha value is -12.8. The zero-order valence-corrected chi connectivity index (χ0v) is 63.0. The number of halogens is 2. The molecule has 0 atom stereocenters. The van der Waals surface area contributed by atoms with Crippen LogP contribution in [-0.2, 0) is 101 Å². The first-order valence-electron chi connectivity index (χ1n) is 35.9. The number of amides is 4. The van der Waals surface area contributed by atoms with Gasteiger partial charge in [0.1, 0.15) is 39.6 Å². The number of rotatable bonds is 36. The Balaban J connectivity index is 0.000000322. The zero-order valence-electron chi connectivity index (χ0n) is 61.5. The molecular formula is C92H101Cl2N5O16. The molecule has 115 heavy (non-hydrogen) atoms. The fourth-order valence-electron chi connectivity index (χ4n) is 10.3. The van der Waals surface area contributed by atoms with E-state index < -0.39 is 10.5 Å². The van der Waals surface area contributed by atoms with Gasteiger partial charge in [0.05, 0.1) is 0 Å². The Kier molecular flexibility index (Phi) is 41.7. The van der Waals surface area contributed by atoms with Crippen molar-refractivity contribution in [1.29, 1.82) is 0 Å². The van der Waals surface area contributed by atoms with Crippen molar-refractivity contribution < 1.29 is 77.6 Å². The Labute approximate surface area is 682 Å². The number of aromatic hydroxyl groups is 4. The summed E-state index contributed by atoms with van der Waals surface area (Å²) in [6, 6.07) is 85.4. The molecule has 23 heteroatoms. The van der Waals surface area contributed by atoms with Gasteiger partial charge in [0.15, 0.2) is 57.5 Å². The van der Waals surface area contributed by atoms with Crippen molar-refractivity contribution in [2.24, 2.45) is 5.73 Å². The molecule has 0 aliphatic heterocycles. The third-order valence-corrected chi connectivity index (χ3v) is 16.8. The highest BCUT2D eigenvalue weighted by Crippen LogP contribution is 2.34. The number of nitrogens with one attached hydrogen (secondary N) is 4. The van der Waals surface area contributed by atoms with Crippen LogP contribution in [0, 0.1) is 0 Å². The standard InChI is InChI=1S/C46H44N2O6.C21H21NO2.C18H20N2O6.C4H4Cl2O2.3CH4/c49-45(47-29-39-21-23-41(51-31-35-13-5-1-6-14-35)43(27-39)53-33-37-17-9-3-10-18-37)25-26-46(50)48-30-40-22-24-42(52-32-36-15-7-2-8-16-36)44(28-40)54-34-38-19-11-4-12-20-38;22-14-19-11-12-20(23-15-17-7-3-1-4-8-17)21(13-19)24-16-18-9-5-2-6-10-18;21-13-3-1-11(7-15(13)23)9-19-17(25)5-6-18(26)20-10-12-2-4-14(22)16(24)8-12;5-3(7)1-2-4(6)8;;;/h1-24,27-28H,25-26,29-34H2,(H,47,49)(H,48,50);1-13H,14-16,22H2;1-4,7-8,21-24H,5-6,9-10H2,(H,19,25)(H,20,26);1-2H2;3*1H4. The first kappa shape index (κ1) is 92.8. The molecule has 0 aromatic heterocycles. The van der Waals surface area contributed by atoms with E-state index in [-0.39, 0.29) is 134 Å². The Morgan fingerprint density at radius 3 is 0.687 bits per heavy atom. The van der Waals surface area contributed by atoms with Crippen LogP contribution >= 0.6 is 23.2 Å². The second-order valence-corrected chi connectivity index (χ2v) is 26.0. The zero-order chi connectivity index (χ0) is 79.5. The summed E-state index contributed by atoms with van der Waals surface area (Å²) in [5.74, 6) is 1.75. The minimum atomic E-state index is -0.529. The smallest absolute Gasteiger partial charge is 0.222 e. The van der Waals surface area contributed by atoms with Crippen molar-refractivity contribution in [3.05, 3.63) is 334 Å². The van der Waals surface area contributed by atoms with Crippen molar-refractivity contribution in [1.82, 2.24) is 21.3 Å². The molecule has 0 aliphatic rings. The normalized spacial score (nSPS) is 10.1. The molecule has 10 N–H and O–H groups in total. The predicted octanol–water partition coefficient (Wildman–Crippen LogP) is 17.4. The second kappa shape index (κ2) is 51.7. The lowest BCUT2D eigenvalue weighted by atomic mass is 10.1. The van der Waals surface area contributed by atoms with E-state index in [1.165, 1.54) is 24.3 Å². The number of benzene rings is 11. The van der Waals surface area contributed by atoms with Crippen LogP contribution in [0.1, 0.15) is 122 Å². The van der Waals surface area contributed by atoms with Gasteiger partial charge in [-0.25, -0.2) is 0 Å². The summed E-state index contributed by atoms with van der Waals surface area (Å²) in [6.07, 6.45) is 0.166. The fraction of sp³-hybridized carbons (Fsp3) is 0.217. The molecule has 0 bridgehead atoms. The molecule has 0 radical (unpaired) electrons. The van der Waals surface area contributed by atoms with Gasteiger partial charge in [-0.2, -0.15) is 0 Å². The number of hydrogen-bond donors (Lipinski definition) is 9. The van der Waals surface area contributed by atoms with Gasteiger partial charge in [-0.3, -0.25) is 28.8 Å². The van der Waals surface area contributed by atoms with Crippen LogP contribution in [0.15, 0.2) is 273 Å². The quantitative estimate of drug-likeness (QED) is 0.0130. The van der Waals surface area contributed by atoms with Crippen LogP contribution in [0.4, 0.5) is 0 Å². The third kappa shape index (κ3) is 35.6. The van der Waals surface area contributed by atoms with Gasteiger partial charge < -0.3 is 75.8 Å². The van der Waals surface area contributed by atoms with Gasteiger partial charge in [-0.05, 0) is 145 Å². The minimum absolute atomic E-state index is 0. The number of nitrogens with two attached hydrogens (primary N) is 1. The van der Waals surface area contributed by atoms with Gasteiger partial charge in [0.25, 0.3) is 0 Å². The van der Waals surface area contributed by atoms with Gasteiger partial charge >= 0.3 is 0 Å². The second-order valence-electron chi connectivity index (χ2n) is 25.2. The molecule has 0 saturated carbocycles. The van der Waals surface area contributed by atoms with Crippen molar-refractivity contribution >= 4 is 57.3 Å². The molecule has 11 rings (SSSR count). The van der Waals surface area contributed by atoms with Crippen molar-refractivity contribution in [2.75, 3.05) is 0 Å². The van der Waals surface area contributed by atoms with Gasteiger partial charge in [0, 0.05) is 71.2 Å². The predicted molar refractivity (Wildman–Crippen MR) is 448 cm³/mol. The summed E-state index contributed by atoms with van der Waals surface area (Å²) in [5, 5.41) is 47.2. The largest absolute Gasteiger partial charge is 0.504 e. The number of phenols is 4. The molecule has 0 unspecified atom stereocenters. The van der Waals surface area contributed by atoms with Gasteiger partial charge in [-0.15, -0.1) is 0 Å². The van der Waals surface area contributed by atoms with E-state index in [4.69, 9.17) is 57.4 Å². The lowest BCUT2D eigenvalue weighted by Crippen LogP contribution is -2.27. The molecule has 0 heterocycles. The average Bonchev–Trinajstić information content (AvgIpc) is 0.865.